The number of benzene rings is 1. The molecule has 1 aromatic carbocycles. The Kier molecular flexibility index (Phi) is 6.80. The molecule has 0 saturated heterocycles. The van der Waals surface area contributed by atoms with E-state index >= 15 is 0 Å². The topological polar surface area (TPSA) is 60.9 Å². The molecule has 0 aliphatic rings. The van der Waals surface area contributed by atoms with Crippen molar-refractivity contribution in [2.75, 3.05) is 33.2 Å². The summed E-state index contributed by atoms with van der Waals surface area (Å²) in [5.74, 6) is 0. The van der Waals surface area contributed by atoms with Crippen LogP contribution in [0.1, 0.15) is 19.4 Å². The molecule has 0 radical (unpaired) electrons. The van der Waals surface area contributed by atoms with E-state index in [1.54, 1.807) is 24.3 Å². The van der Waals surface area contributed by atoms with Crippen molar-refractivity contribution in [1.29, 1.82) is 0 Å². The van der Waals surface area contributed by atoms with E-state index in [1.165, 1.54) is 11.4 Å². The van der Waals surface area contributed by atoms with Gasteiger partial charge in [-0.15, -0.1) is 0 Å². The summed E-state index contributed by atoms with van der Waals surface area (Å²) in [6.07, 6.45) is -0.699. The number of likely N-dealkylation sites (N-methyl/N-ethyl adjacent to an activating group) is 2. The minimum absolute atomic E-state index is 0.0900. The Morgan fingerprint density at radius 2 is 1.62 bits per heavy atom. The van der Waals surface area contributed by atoms with E-state index in [1.807, 2.05) is 20.8 Å². The SMILES string of the molecule is CCN(CC)CC(O)CN(C)S(=O)(=O)c1ccc(C)cc1. The molecule has 1 N–H and O–H groups in total. The van der Waals surface area contributed by atoms with Gasteiger partial charge in [-0.25, -0.2) is 8.42 Å². The fourth-order valence-corrected chi connectivity index (χ4v) is 3.33. The third-order valence-corrected chi connectivity index (χ3v) is 5.40. The number of sulfonamides is 1. The highest BCUT2D eigenvalue weighted by atomic mass is 32.2. The average molecular weight is 314 g/mol. The molecule has 0 spiro atoms. The molecule has 0 bridgehead atoms. The fourth-order valence-electron chi connectivity index (χ4n) is 2.12. The molecule has 0 aromatic heterocycles. The summed E-state index contributed by atoms with van der Waals surface area (Å²) in [7, 11) is -2.04. The molecular weight excluding hydrogens is 288 g/mol. The predicted molar refractivity (Wildman–Crippen MR) is 84.8 cm³/mol. The smallest absolute Gasteiger partial charge is 0.242 e. The van der Waals surface area contributed by atoms with Crippen molar-refractivity contribution < 1.29 is 13.5 Å². The first-order valence-corrected chi connectivity index (χ1v) is 8.68. The lowest BCUT2D eigenvalue weighted by Gasteiger charge is -2.25. The zero-order chi connectivity index (χ0) is 16.0. The van der Waals surface area contributed by atoms with E-state index in [9.17, 15) is 13.5 Å². The van der Waals surface area contributed by atoms with Crippen LogP contribution in [0.25, 0.3) is 0 Å². The van der Waals surface area contributed by atoms with E-state index in [4.69, 9.17) is 0 Å². The molecule has 1 aromatic rings. The van der Waals surface area contributed by atoms with Crippen molar-refractivity contribution in [3.63, 3.8) is 0 Å². The van der Waals surface area contributed by atoms with Gasteiger partial charge in [-0.05, 0) is 32.1 Å². The van der Waals surface area contributed by atoms with Crippen LogP contribution < -0.4 is 0 Å². The number of hydrogen-bond donors (Lipinski definition) is 1. The molecule has 0 aliphatic carbocycles. The van der Waals surface area contributed by atoms with Gasteiger partial charge in [0, 0.05) is 20.1 Å². The monoisotopic (exact) mass is 314 g/mol. The molecule has 5 nitrogen and oxygen atoms in total. The van der Waals surface area contributed by atoms with E-state index in [0.29, 0.717) is 6.54 Å². The Morgan fingerprint density at radius 3 is 2.10 bits per heavy atom. The first-order chi connectivity index (χ1) is 9.81. The number of aliphatic hydroxyl groups excluding tert-OH is 1. The van der Waals surface area contributed by atoms with E-state index in [-0.39, 0.29) is 11.4 Å². The number of rotatable bonds is 8. The zero-order valence-corrected chi connectivity index (χ0v) is 14.1. The van der Waals surface area contributed by atoms with Crippen molar-refractivity contribution in [3.8, 4) is 0 Å². The highest BCUT2D eigenvalue weighted by Crippen LogP contribution is 2.15. The number of aryl methyl sites for hydroxylation is 1. The Balaban J connectivity index is 2.73. The molecular formula is C15H26N2O3S. The highest BCUT2D eigenvalue weighted by Gasteiger charge is 2.23. The lowest BCUT2D eigenvalue weighted by Crippen LogP contribution is -2.41. The Bertz CT molecular complexity index is 524. The van der Waals surface area contributed by atoms with Crippen LogP contribution >= 0.6 is 0 Å². The summed E-state index contributed by atoms with van der Waals surface area (Å²) in [6, 6.07) is 6.73. The van der Waals surface area contributed by atoms with Crippen LogP contribution in [0.15, 0.2) is 29.2 Å². The van der Waals surface area contributed by atoms with Gasteiger partial charge in [0.15, 0.2) is 0 Å². The van der Waals surface area contributed by atoms with Gasteiger partial charge in [0.05, 0.1) is 11.0 Å². The Morgan fingerprint density at radius 1 is 1.10 bits per heavy atom. The van der Waals surface area contributed by atoms with Gasteiger partial charge >= 0.3 is 0 Å². The van der Waals surface area contributed by atoms with E-state index in [2.05, 4.69) is 4.90 Å². The number of hydrogen-bond acceptors (Lipinski definition) is 4. The summed E-state index contributed by atoms with van der Waals surface area (Å²) in [5.41, 5.74) is 1.01. The van der Waals surface area contributed by atoms with E-state index in [0.717, 1.165) is 18.7 Å². The maximum absolute atomic E-state index is 12.4. The molecule has 21 heavy (non-hydrogen) atoms. The van der Waals surface area contributed by atoms with Crippen molar-refractivity contribution in [1.82, 2.24) is 9.21 Å². The molecule has 120 valence electrons. The number of nitrogens with zero attached hydrogens (tertiary/aromatic N) is 2. The maximum atomic E-state index is 12.4. The van der Waals surface area contributed by atoms with Gasteiger partial charge < -0.3 is 10.0 Å². The molecule has 0 amide bonds. The molecule has 0 saturated carbocycles. The molecule has 0 fully saturated rings. The van der Waals surface area contributed by atoms with Crippen molar-refractivity contribution in [3.05, 3.63) is 29.8 Å². The quantitative estimate of drug-likeness (QED) is 0.786. The normalized spacial score (nSPS) is 13.9. The first kappa shape index (κ1) is 18.1. The lowest BCUT2D eigenvalue weighted by atomic mass is 10.2. The van der Waals surface area contributed by atoms with Crippen LogP contribution in [-0.4, -0.2) is 62.1 Å². The Hall–Kier alpha value is -0.950. The standard InChI is InChI=1S/C15H26N2O3S/c1-5-17(6-2)12-14(18)11-16(4)21(19,20)15-9-7-13(3)8-10-15/h7-10,14,18H,5-6,11-12H2,1-4H3. The first-order valence-electron chi connectivity index (χ1n) is 7.24. The van der Waals surface area contributed by atoms with Crippen LogP contribution in [0.4, 0.5) is 0 Å². The molecule has 0 aliphatic heterocycles. The second-order valence-corrected chi connectivity index (χ2v) is 7.28. The zero-order valence-electron chi connectivity index (χ0n) is 13.3. The predicted octanol–water partition coefficient (Wildman–Crippen LogP) is 1.32. The average Bonchev–Trinajstić information content (AvgIpc) is 2.45. The van der Waals surface area contributed by atoms with Crippen LogP contribution in [0.2, 0.25) is 0 Å². The summed E-state index contributed by atoms with van der Waals surface area (Å²) in [4.78, 5) is 2.32. The van der Waals surface area contributed by atoms with Gasteiger partial charge in [-0.2, -0.15) is 4.31 Å². The summed E-state index contributed by atoms with van der Waals surface area (Å²) >= 11 is 0. The highest BCUT2D eigenvalue weighted by molar-refractivity contribution is 7.89. The lowest BCUT2D eigenvalue weighted by molar-refractivity contribution is 0.104. The second-order valence-electron chi connectivity index (χ2n) is 5.24. The van der Waals surface area contributed by atoms with Gasteiger partial charge in [-0.1, -0.05) is 31.5 Å². The van der Waals surface area contributed by atoms with Gasteiger partial charge in [0.1, 0.15) is 0 Å². The van der Waals surface area contributed by atoms with Crippen LogP contribution in [-0.2, 0) is 10.0 Å². The van der Waals surface area contributed by atoms with Gasteiger partial charge in [0.25, 0.3) is 0 Å². The molecule has 0 heterocycles. The summed E-state index contributed by atoms with van der Waals surface area (Å²) in [5, 5.41) is 10.1. The van der Waals surface area contributed by atoms with E-state index < -0.39 is 16.1 Å². The van der Waals surface area contributed by atoms with Crippen LogP contribution in [0.3, 0.4) is 0 Å². The largest absolute Gasteiger partial charge is 0.390 e. The van der Waals surface area contributed by atoms with Crippen LogP contribution in [0.5, 0.6) is 0 Å². The third-order valence-electron chi connectivity index (χ3n) is 3.56. The fraction of sp³-hybridized carbons (Fsp3) is 0.600. The third kappa shape index (κ3) is 5.07. The molecule has 1 unspecified atom stereocenters. The Labute approximate surface area is 128 Å². The summed E-state index contributed by atoms with van der Waals surface area (Å²) in [6.45, 7) is 8.18. The second kappa shape index (κ2) is 7.89. The van der Waals surface area contributed by atoms with Crippen molar-refractivity contribution in [2.24, 2.45) is 0 Å². The van der Waals surface area contributed by atoms with Gasteiger partial charge in [0.2, 0.25) is 10.0 Å². The number of aliphatic hydroxyl groups is 1. The molecule has 6 heteroatoms. The minimum atomic E-state index is -3.55. The van der Waals surface area contributed by atoms with Gasteiger partial charge in [-0.3, -0.25) is 0 Å². The van der Waals surface area contributed by atoms with Crippen LogP contribution in [0, 0.1) is 6.92 Å². The molecule has 1 atom stereocenters. The van der Waals surface area contributed by atoms with Crippen molar-refractivity contribution >= 4 is 10.0 Å². The molecule has 1 rings (SSSR count). The maximum Gasteiger partial charge on any atom is 0.242 e. The summed E-state index contributed by atoms with van der Waals surface area (Å²) < 4.78 is 26.0. The van der Waals surface area contributed by atoms with Crippen molar-refractivity contribution in [2.45, 2.75) is 31.8 Å². The minimum Gasteiger partial charge on any atom is -0.390 e.